The molecule has 1 aliphatic rings. The predicted molar refractivity (Wildman–Crippen MR) is 87.1 cm³/mol. The van der Waals surface area contributed by atoms with E-state index in [9.17, 15) is 8.42 Å². The van der Waals surface area contributed by atoms with E-state index in [0.29, 0.717) is 10.9 Å². The number of fused-ring (bicyclic) bond motifs is 1. The largest absolute Gasteiger partial charge is 0.493 e. The molecule has 2 aromatic rings. The van der Waals surface area contributed by atoms with Gasteiger partial charge in [0.25, 0.3) is 0 Å². The molecule has 0 saturated carbocycles. The minimum Gasteiger partial charge on any atom is -0.493 e. The highest BCUT2D eigenvalue weighted by Crippen LogP contribution is 2.30. The fourth-order valence-corrected chi connectivity index (χ4v) is 4.23. The average Bonchev–Trinajstić information content (AvgIpc) is 2.93. The Balaban J connectivity index is 1.76. The van der Waals surface area contributed by atoms with Crippen molar-refractivity contribution in [1.29, 1.82) is 0 Å². The van der Waals surface area contributed by atoms with Gasteiger partial charge in [0.1, 0.15) is 15.6 Å². The van der Waals surface area contributed by atoms with E-state index in [1.54, 1.807) is 6.20 Å². The maximum Gasteiger partial charge on any atom is 0.188 e. The van der Waals surface area contributed by atoms with Gasteiger partial charge in [0.05, 0.1) is 18.1 Å². The van der Waals surface area contributed by atoms with Crippen LogP contribution in [0, 0.1) is 0 Å². The Bertz CT molecular complexity index is 791. The Labute approximate surface area is 134 Å². The molecule has 0 aliphatic carbocycles. The van der Waals surface area contributed by atoms with Crippen LogP contribution in [-0.2, 0) is 16.3 Å². The van der Waals surface area contributed by atoms with Crippen LogP contribution in [0.2, 0.25) is 0 Å². The summed E-state index contributed by atoms with van der Waals surface area (Å²) in [4.78, 5) is 8.69. The Morgan fingerprint density at radius 2 is 2.18 bits per heavy atom. The first-order valence-corrected chi connectivity index (χ1v) is 9.95. The third-order valence-corrected chi connectivity index (χ3v) is 5.37. The van der Waals surface area contributed by atoms with Crippen molar-refractivity contribution in [1.82, 2.24) is 9.97 Å². The predicted octanol–water partition coefficient (Wildman–Crippen LogP) is 2.22. The summed E-state index contributed by atoms with van der Waals surface area (Å²) in [5.74, 6) is 1.53. The second-order valence-corrected chi connectivity index (χ2v) is 8.45. The third-order valence-electron chi connectivity index (χ3n) is 3.30. The molecule has 0 radical (unpaired) electrons. The van der Waals surface area contributed by atoms with Crippen LogP contribution in [0.3, 0.4) is 0 Å². The smallest absolute Gasteiger partial charge is 0.188 e. The van der Waals surface area contributed by atoms with Crippen LogP contribution in [-0.4, -0.2) is 42.8 Å². The van der Waals surface area contributed by atoms with Crippen LogP contribution in [0.25, 0.3) is 11.3 Å². The van der Waals surface area contributed by atoms with Gasteiger partial charge in [-0.1, -0.05) is 11.8 Å². The van der Waals surface area contributed by atoms with Gasteiger partial charge in [-0.15, -0.1) is 0 Å². The molecule has 1 aliphatic heterocycles. The molecule has 0 spiro atoms. The van der Waals surface area contributed by atoms with E-state index in [2.05, 4.69) is 16.0 Å². The second-order valence-electron chi connectivity index (χ2n) is 5.12. The van der Waals surface area contributed by atoms with Gasteiger partial charge in [-0.3, -0.25) is 0 Å². The maximum atomic E-state index is 11.2. The van der Waals surface area contributed by atoms with Crippen LogP contribution in [0.15, 0.2) is 35.6 Å². The van der Waals surface area contributed by atoms with E-state index in [0.717, 1.165) is 30.0 Å². The zero-order valence-electron chi connectivity index (χ0n) is 12.2. The first-order valence-electron chi connectivity index (χ1n) is 6.91. The Kier molecular flexibility index (Phi) is 4.35. The lowest BCUT2D eigenvalue weighted by Gasteiger charge is -2.05. The zero-order valence-corrected chi connectivity index (χ0v) is 13.8. The number of nitrogens with zero attached hydrogens (tertiary/aromatic N) is 2. The summed E-state index contributed by atoms with van der Waals surface area (Å²) in [5, 5.41) is 0.595. The Morgan fingerprint density at radius 1 is 1.32 bits per heavy atom. The highest BCUT2D eigenvalue weighted by atomic mass is 32.2. The van der Waals surface area contributed by atoms with Gasteiger partial charge in [-0.25, -0.2) is 18.4 Å². The van der Waals surface area contributed by atoms with Gasteiger partial charge in [-0.05, 0) is 29.8 Å². The van der Waals surface area contributed by atoms with E-state index in [-0.39, 0.29) is 5.75 Å². The number of ether oxygens (including phenoxy) is 1. The van der Waals surface area contributed by atoms with Crippen molar-refractivity contribution < 1.29 is 13.2 Å². The number of sulfone groups is 1. The second kappa shape index (κ2) is 6.26. The molecule has 0 unspecified atom stereocenters. The molecular weight excluding hydrogens is 320 g/mol. The van der Waals surface area contributed by atoms with Crippen molar-refractivity contribution >= 4 is 21.6 Å². The van der Waals surface area contributed by atoms with Crippen molar-refractivity contribution in [3.05, 3.63) is 36.0 Å². The molecule has 0 saturated heterocycles. The van der Waals surface area contributed by atoms with Gasteiger partial charge in [0, 0.05) is 30.2 Å². The van der Waals surface area contributed by atoms with Crippen molar-refractivity contribution in [2.75, 3.05) is 24.4 Å². The van der Waals surface area contributed by atoms with Crippen molar-refractivity contribution in [3.63, 3.8) is 0 Å². The van der Waals surface area contributed by atoms with Gasteiger partial charge in [0.2, 0.25) is 0 Å². The molecule has 1 aromatic heterocycles. The number of rotatable bonds is 5. The van der Waals surface area contributed by atoms with E-state index in [4.69, 9.17) is 4.74 Å². The highest BCUT2D eigenvalue weighted by Gasteiger charge is 2.13. The molecule has 2 heterocycles. The van der Waals surface area contributed by atoms with Gasteiger partial charge in [-0.2, -0.15) is 0 Å². The SMILES string of the molecule is CS(=O)(=O)CCSc1nccc(-c2ccc3c(c2)CCO3)n1. The first kappa shape index (κ1) is 15.3. The number of benzene rings is 1. The Morgan fingerprint density at radius 3 is 3.00 bits per heavy atom. The fraction of sp³-hybridized carbons (Fsp3) is 0.333. The summed E-state index contributed by atoms with van der Waals surface area (Å²) < 4.78 is 27.8. The van der Waals surface area contributed by atoms with Crippen LogP contribution in [0.1, 0.15) is 5.56 Å². The number of aromatic nitrogens is 2. The van der Waals surface area contributed by atoms with Crippen molar-refractivity contribution in [2.45, 2.75) is 11.6 Å². The van der Waals surface area contributed by atoms with Gasteiger partial charge < -0.3 is 4.74 Å². The fourth-order valence-electron chi connectivity index (χ4n) is 2.20. The summed E-state index contributed by atoms with van der Waals surface area (Å²) in [6, 6.07) is 7.90. The summed E-state index contributed by atoms with van der Waals surface area (Å²) in [5.41, 5.74) is 3.06. The normalized spacial score (nSPS) is 13.7. The number of hydrogen-bond acceptors (Lipinski definition) is 6. The van der Waals surface area contributed by atoms with Crippen LogP contribution >= 0.6 is 11.8 Å². The minimum atomic E-state index is -2.95. The van der Waals surface area contributed by atoms with E-state index >= 15 is 0 Å². The van der Waals surface area contributed by atoms with Gasteiger partial charge in [0.15, 0.2) is 5.16 Å². The lowest BCUT2D eigenvalue weighted by atomic mass is 10.1. The lowest BCUT2D eigenvalue weighted by Crippen LogP contribution is -2.05. The molecule has 0 bridgehead atoms. The lowest BCUT2D eigenvalue weighted by molar-refractivity contribution is 0.357. The molecule has 0 N–H and O–H groups in total. The average molecular weight is 336 g/mol. The molecule has 7 heteroatoms. The summed E-state index contributed by atoms with van der Waals surface area (Å²) in [7, 11) is -2.95. The Hall–Kier alpha value is -1.60. The zero-order chi connectivity index (χ0) is 15.6. The summed E-state index contributed by atoms with van der Waals surface area (Å²) in [6.45, 7) is 0.731. The van der Waals surface area contributed by atoms with Crippen LogP contribution in [0.4, 0.5) is 0 Å². The maximum absolute atomic E-state index is 11.2. The quantitative estimate of drug-likeness (QED) is 0.616. The highest BCUT2D eigenvalue weighted by molar-refractivity contribution is 8.00. The van der Waals surface area contributed by atoms with Crippen molar-refractivity contribution in [2.24, 2.45) is 0 Å². The van der Waals surface area contributed by atoms with E-state index in [1.807, 2.05) is 18.2 Å². The molecule has 1 aromatic carbocycles. The first-order chi connectivity index (χ1) is 10.5. The topological polar surface area (TPSA) is 69.2 Å². The standard InChI is InChI=1S/C15H16N2O3S2/c1-22(18,19)9-8-21-15-16-6-4-13(17-15)11-2-3-14-12(10-11)5-7-20-14/h2-4,6,10H,5,7-9H2,1H3. The third kappa shape index (κ3) is 3.78. The van der Waals surface area contributed by atoms with E-state index < -0.39 is 9.84 Å². The summed E-state index contributed by atoms with van der Waals surface area (Å²) >= 11 is 1.36. The number of hydrogen-bond donors (Lipinski definition) is 0. The van der Waals surface area contributed by atoms with Crippen LogP contribution in [0.5, 0.6) is 5.75 Å². The molecule has 5 nitrogen and oxygen atoms in total. The molecular formula is C15H16N2O3S2. The number of thioether (sulfide) groups is 1. The van der Waals surface area contributed by atoms with Crippen LogP contribution < -0.4 is 4.74 Å². The molecule has 3 rings (SSSR count). The monoisotopic (exact) mass is 336 g/mol. The van der Waals surface area contributed by atoms with Crippen molar-refractivity contribution in [3.8, 4) is 17.0 Å². The molecule has 0 atom stereocenters. The van der Waals surface area contributed by atoms with E-state index in [1.165, 1.54) is 23.6 Å². The van der Waals surface area contributed by atoms with Gasteiger partial charge >= 0.3 is 0 Å². The molecule has 0 fully saturated rings. The summed E-state index contributed by atoms with van der Waals surface area (Å²) in [6.07, 6.45) is 3.86. The minimum absolute atomic E-state index is 0.126. The molecule has 22 heavy (non-hydrogen) atoms. The molecule has 116 valence electrons. The molecule has 0 amide bonds.